The monoisotopic (exact) mass is 179 g/mol. The fourth-order valence-corrected chi connectivity index (χ4v) is 0.776. The normalized spacial score (nSPS) is 12.7. The van der Waals surface area contributed by atoms with Crippen molar-refractivity contribution in [2.45, 2.75) is 12.5 Å². The molecule has 2 unspecified atom stereocenters. The molecule has 0 heterocycles. The molecule has 2 atom stereocenters. The van der Waals surface area contributed by atoms with Gasteiger partial charge in [-0.25, -0.2) is 0 Å². The summed E-state index contributed by atoms with van der Waals surface area (Å²) >= 11 is 0. The maximum Gasteiger partial charge on any atom is 0.224 e. The van der Waals surface area contributed by atoms with E-state index in [1.54, 1.807) is 14.1 Å². The van der Waals surface area contributed by atoms with Crippen LogP contribution >= 0.6 is 9.47 Å². The third-order valence-corrected chi connectivity index (χ3v) is 1.39. The molecule has 0 aromatic carbocycles. The molecule has 0 bridgehead atoms. The van der Waals surface area contributed by atoms with Gasteiger partial charge in [0, 0.05) is 23.6 Å². The summed E-state index contributed by atoms with van der Waals surface area (Å²) in [6.45, 7) is 0.171. The van der Waals surface area contributed by atoms with Crippen molar-refractivity contribution in [2.24, 2.45) is 0 Å². The molecule has 1 amide bonds. The fraction of sp³-hybridized carbons (Fsp3) is 0.833. The highest BCUT2D eigenvalue weighted by Crippen LogP contribution is 1.98. The van der Waals surface area contributed by atoms with Crippen LogP contribution in [0, 0.1) is 0 Å². The molecule has 4 nitrogen and oxygen atoms in total. The number of aliphatic hydroxyl groups is 1. The Labute approximate surface area is 68.8 Å². The molecule has 0 aromatic rings. The number of carbonyl (C=O) groups excluding carboxylic acids is 1. The van der Waals surface area contributed by atoms with Gasteiger partial charge >= 0.3 is 0 Å². The lowest BCUT2D eigenvalue weighted by atomic mass is 10.2. The minimum atomic E-state index is -0.706. The van der Waals surface area contributed by atoms with Crippen LogP contribution in [0.1, 0.15) is 6.42 Å². The highest BCUT2D eigenvalue weighted by Gasteiger charge is 2.11. The first-order chi connectivity index (χ1) is 5.07. The van der Waals surface area contributed by atoms with Crippen LogP contribution in [0.4, 0.5) is 0 Å². The van der Waals surface area contributed by atoms with E-state index in [0.29, 0.717) is 0 Å². The van der Waals surface area contributed by atoms with Crippen LogP contribution in [0.5, 0.6) is 0 Å². The number of nitrogens with zero attached hydrogens (tertiary/aromatic N) is 1. The van der Waals surface area contributed by atoms with Crippen LogP contribution in [0.2, 0.25) is 0 Å². The Morgan fingerprint density at radius 2 is 2.27 bits per heavy atom. The van der Waals surface area contributed by atoms with E-state index in [0.717, 1.165) is 0 Å². The van der Waals surface area contributed by atoms with E-state index in [-0.39, 0.29) is 18.9 Å². The van der Waals surface area contributed by atoms with Gasteiger partial charge in [-0.3, -0.25) is 4.79 Å². The quantitative estimate of drug-likeness (QED) is 0.599. The zero-order valence-corrected chi connectivity index (χ0v) is 7.93. The number of aliphatic hydroxyl groups excluding tert-OH is 1. The fourth-order valence-electron chi connectivity index (χ4n) is 0.554. The molecule has 0 aliphatic heterocycles. The molecular weight excluding hydrogens is 165 g/mol. The lowest BCUT2D eigenvalue weighted by molar-refractivity contribution is -0.131. The Morgan fingerprint density at radius 3 is 2.64 bits per heavy atom. The maximum atomic E-state index is 10.9. The van der Waals surface area contributed by atoms with E-state index in [4.69, 9.17) is 5.11 Å². The van der Waals surface area contributed by atoms with Crippen molar-refractivity contribution in [2.75, 3.05) is 20.7 Å². The molecule has 11 heavy (non-hydrogen) atoms. The minimum absolute atomic E-state index is 0.0976. The number of carbonyl (C=O) groups is 1. The van der Waals surface area contributed by atoms with E-state index in [1.165, 1.54) is 4.90 Å². The molecule has 5 heteroatoms. The number of hydrogen-bond donors (Lipinski definition) is 1. The second-order valence-corrected chi connectivity index (χ2v) is 2.81. The average Bonchev–Trinajstić information content (AvgIpc) is 1.87. The molecule has 0 saturated heterocycles. The highest BCUT2D eigenvalue weighted by atomic mass is 31.0. The summed E-state index contributed by atoms with van der Waals surface area (Å²) in [5.74, 6) is -0.0976. The number of amides is 1. The zero-order chi connectivity index (χ0) is 8.85. The largest absolute Gasteiger partial charge is 0.390 e. The van der Waals surface area contributed by atoms with Crippen LogP contribution in [0.15, 0.2) is 0 Å². The van der Waals surface area contributed by atoms with E-state index >= 15 is 0 Å². The summed E-state index contributed by atoms with van der Waals surface area (Å²) in [5, 5.41) is 9.08. The molecule has 1 N–H and O–H groups in total. The van der Waals surface area contributed by atoms with Crippen molar-refractivity contribution in [1.29, 1.82) is 0 Å². The predicted molar refractivity (Wildman–Crippen MR) is 45.0 cm³/mol. The topological polar surface area (TPSA) is 49.8 Å². The van der Waals surface area contributed by atoms with Crippen LogP contribution in [-0.2, 0) is 9.32 Å². The summed E-state index contributed by atoms with van der Waals surface area (Å²) in [6, 6.07) is 0. The Bertz CT molecular complexity index is 129. The first kappa shape index (κ1) is 10.8. The molecule has 0 fully saturated rings. The SMILES string of the molecule is CN(C)C(=O)CC(O)COP. The Kier molecular flexibility index (Phi) is 5.38. The van der Waals surface area contributed by atoms with E-state index in [1.807, 2.05) is 9.47 Å². The van der Waals surface area contributed by atoms with Crippen LogP contribution in [0.3, 0.4) is 0 Å². The summed E-state index contributed by atoms with van der Waals surface area (Å²) in [6.07, 6.45) is -0.594. The predicted octanol–water partition coefficient (Wildman–Crippen LogP) is -0.368. The van der Waals surface area contributed by atoms with Crippen molar-refractivity contribution >= 4 is 15.4 Å². The Morgan fingerprint density at radius 1 is 1.73 bits per heavy atom. The lowest BCUT2D eigenvalue weighted by Crippen LogP contribution is -2.27. The first-order valence-electron chi connectivity index (χ1n) is 3.27. The van der Waals surface area contributed by atoms with Gasteiger partial charge in [0.2, 0.25) is 5.91 Å². The average molecular weight is 179 g/mol. The van der Waals surface area contributed by atoms with E-state index < -0.39 is 6.10 Å². The zero-order valence-electron chi connectivity index (χ0n) is 6.78. The minimum Gasteiger partial charge on any atom is -0.390 e. The number of rotatable bonds is 4. The Balaban J connectivity index is 3.57. The molecule has 0 spiro atoms. The summed E-state index contributed by atoms with van der Waals surface area (Å²) < 4.78 is 4.58. The highest BCUT2D eigenvalue weighted by molar-refractivity contribution is 7.09. The van der Waals surface area contributed by atoms with Crippen molar-refractivity contribution in [3.05, 3.63) is 0 Å². The van der Waals surface area contributed by atoms with Crippen LogP contribution in [0.25, 0.3) is 0 Å². The smallest absolute Gasteiger partial charge is 0.224 e. The number of hydrogen-bond acceptors (Lipinski definition) is 3. The molecular formula is C6H14NO3P. The van der Waals surface area contributed by atoms with E-state index in [2.05, 4.69) is 4.52 Å². The maximum absolute atomic E-state index is 10.9. The van der Waals surface area contributed by atoms with Crippen molar-refractivity contribution in [1.82, 2.24) is 4.90 Å². The van der Waals surface area contributed by atoms with Gasteiger partial charge in [0.15, 0.2) is 0 Å². The lowest BCUT2D eigenvalue weighted by Gasteiger charge is -2.13. The molecule has 0 aromatic heterocycles. The van der Waals surface area contributed by atoms with Gasteiger partial charge in [0.1, 0.15) is 0 Å². The van der Waals surface area contributed by atoms with Crippen LogP contribution < -0.4 is 0 Å². The molecule has 0 saturated carbocycles. The van der Waals surface area contributed by atoms with Crippen molar-refractivity contribution < 1.29 is 14.4 Å². The third-order valence-electron chi connectivity index (χ3n) is 1.20. The van der Waals surface area contributed by atoms with Gasteiger partial charge in [-0.1, -0.05) is 0 Å². The molecule has 0 aliphatic carbocycles. The van der Waals surface area contributed by atoms with Gasteiger partial charge in [-0.2, -0.15) is 0 Å². The van der Waals surface area contributed by atoms with Crippen molar-refractivity contribution in [3.63, 3.8) is 0 Å². The molecule has 0 rings (SSSR count). The van der Waals surface area contributed by atoms with Gasteiger partial charge in [-0.15, -0.1) is 0 Å². The Hall–Kier alpha value is -0.180. The van der Waals surface area contributed by atoms with Crippen molar-refractivity contribution in [3.8, 4) is 0 Å². The van der Waals surface area contributed by atoms with Crippen LogP contribution in [-0.4, -0.2) is 42.7 Å². The molecule has 0 aliphatic rings. The summed E-state index contributed by atoms with van der Waals surface area (Å²) in [4.78, 5) is 12.4. The second kappa shape index (κ2) is 5.47. The molecule has 66 valence electrons. The first-order valence-corrected chi connectivity index (χ1v) is 3.75. The summed E-state index contributed by atoms with van der Waals surface area (Å²) in [5.41, 5.74) is 0. The van der Waals surface area contributed by atoms with E-state index in [9.17, 15) is 4.79 Å². The second-order valence-electron chi connectivity index (χ2n) is 2.48. The summed E-state index contributed by atoms with van der Waals surface area (Å²) in [7, 11) is 5.32. The van der Waals surface area contributed by atoms with Gasteiger partial charge in [0.25, 0.3) is 0 Å². The molecule has 0 radical (unpaired) electrons. The van der Waals surface area contributed by atoms with Gasteiger partial charge < -0.3 is 14.5 Å². The standard InChI is InChI=1S/C6H14NO3P/c1-7(2)6(9)3-5(8)4-10-11/h5,8H,3-4,11H2,1-2H3. The third kappa shape index (κ3) is 5.13. The van der Waals surface area contributed by atoms with Gasteiger partial charge in [-0.05, 0) is 0 Å². The van der Waals surface area contributed by atoms with Gasteiger partial charge in [0.05, 0.1) is 19.1 Å².